The number of carbonyl (C=O) groups excluding carboxylic acids is 2. The van der Waals surface area contributed by atoms with E-state index in [2.05, 4.69) is 25.5 Å². The Morgan fingerprint density at radius 3 is 2.56 bits per heavy atom. The summed E-state index contributed by atoms with van der Waals surface area (Å²) < 4.78 is 30.9. The number of hydrogen-bond donors (Lipinski definition) is 2. The molecule has 4 rings (SSSR count). The number of fused-ring (bicyclic) bond motifs is 1. The molecule has 1 unspecified atom stereocenters. The summed E-state index contributed by atoms with van der Waals surface area (Å²) in [7, 11) is 0. The van der Waals surface area contributed by atoms with E-state index in [1.807, 2.05) is 13.8 Å². The fourth-order valence-electron chi connectivity index (χ4n) is 4.17. The second kappa shape index (κ2) is 10.1. The molecule has 2 aromatic heterocycles. The van der Waals surface area contributed by atoms with Crippen LogP contribution < -0.4 is 15.4 Å². The van der Waals surface area contributed by atoms with Gasteiger partial charge in [-0.3, -0.25) is 9.59 Å². The van der Waals surface area contributed by atoms with Gasteiger partial charge in [-0.1, -0.05) is 12.1 Å². The van der Waals surface area contributed by atoms with E-state index in [0.29, 0.717) is 49.1 Å². The van der Waals surface area contributed by atoms with Crippen molar-refractivity contribution >= 4 is 28.4 Å². The average molecular weight is 472 g/mol. The summed E-state index contributed by atoms with van der Waals surface area (Å²) in [5.74, 6) is -0.0146. The van der Waals surface area contributed by atoms with Gasteiger partial charge in [-0.15, -0.1) is 0 Å². The number of amides is 1. The zero-order valence-corrected chi connectivity index (χ0v) is 19.1. The topological polar surface area (TPSA) is 98.1 Å². The Balaban J connectivity index is 1.58. The molecule has 0 spiro atoms. The molecular weight excluding hydrogens is 444 g/mol. The van der Waals surface area contributed by atoms with Crippen LogP contribution in [0, 0.1) is 0 Å². The standard InChI is InChI=1S/C24H27F2N5O3/c1-3-31-22-19(13-28-31)21(30-16-6-8-17(32)9-7-16)20(12-27-22)23(33)29-14(2)15-4-10-18(11-5-15)34-24(25)26/h4-5,10-14,16,24H,3,6-9H2,1-2H3,(H,27,30)(H,29,33). The van der Waals surface area contributed by atoms with Gasteiger partial charge in [-0.2, -0.15) is 13.9 Å². The van der Waals surface area contributed by atoms with Crippen LogP contribution in [-0.2, 0) is 11.3 Å². The Hall–Kier alpha value is -3.56. The molecule has 0 saturated heterocycles. The normalized spacial score (nSPS) is 15.5. The Bertz CT molecular complexity index is 1170. The maximum Gasteiger partial charge on any atom is 0.387 e. The van der Waals surface area contributed by atoms with E-state index in [1.54, 1.807) is 23.0 Å². The Labute approximate surface area is 195 Å². The Morgan fingerprint density at radius 2 is 1.91 bits per heavy atom. The summed E-state index contributed by atoms with van der Waals surface area (Å²) in [5, 5.41) is 11.6. The molecule has 1 saturated carbocycles. The molecule has 1 aromatic carbocycles. The molecule has 2 N–H and O–H groups in total. The number of hydrogen-bond acceptors (Lipinski definition) is 6. The van der Waals surface area contributed by atoms with Crippen molar-refractivity contribution in [2.24, 2.45) is 0 Å². The summed E-state index contributed by atoms with van der Waals surface area (Å²) in [6.07, 6.45) is 5.68. The minimum Gasteiger partial charge on any atom is -0.435 e. The Morgan fingerprint density at radius 1 is 1.21 bits per heavy atom. The van der Waals surface area contributed by atoms with Gasteiger partial charge in [-0.05, 0) is 44.4 Å². The van der Waals surface area contributed by atoms with Crippen molar-refractivity contribution in [1.82, 2.24) is 20.1 Å². The van der Waals surface area contributed by atoms with E-state index >= 15 is 0 Å². The average Bonchev–Trinajstić information content (AvgIpc) is 3.24. The molecule has 34 heavy (non-hydrogen) atoms. The van der Waals surface area contributed by atoms with Crippen molar-refractivity contribution in [2.75, 3.05) is 5.32 Å². The molecule has 1 amide bonds. The van der Waals surface area contributed by atoms with Crippen LogP contribution in [0.5, 0.6) is 5.75 Å². The van der Waals surface area contributed by atoms with Crippen LogP contribution in [0.25, 0.3) is 11.0 Å². The van der Waals surface area contributed by atoms with E-state index in [-0.39, 0.29) is 29.5 Å². The molecule has 10 heteroatoms. The van der Waals surface area contributed by atoms with Gasteiger partial charge in [0.2, 0.25) is 0 Å². The third kappa shape index (κ3) is 5.16. The first-order valence-corrected chi connectivity index (χ1v) is 11.3. The third-order valence-corrected chi connectivity index (χ3v) is 6.05. The molecular formula is C24H27F2N5O3. The molecule has 0 aliphatic heterocycles. The number of nitrogens with one attached hydrogen (secondary N) is 2. The SMILES string of the molecule is CCn1ncc2c(NC3CCC(=O)CC3)c(C(=O)NC(C)c3ccc(OC(F)F)cc3)cnc21. The predicted octanol–water partition coefficient (Wildman–Crippen LogP) is 4.47. The number of nitrogens with zero attached hydrogens (tertiary/aromatic N) is 3. The molecule has 0 radical (unpaired) electrons. The van der Waals surface area contributed by atoms with Gasteiger partial charge < -0.3 is 15.4 Å². The lowest BCUT2D eigenvalue weighted by Crippen LogP contribution is -2.30. The lowest BCUT2D eigenvalue weighted by atomic mass is 9.94. The molecule has 1 aliphatic rings. The summed E-state index contributed by atoms with van der Waals surface area (Å²) in [5.41, 5.74) is 2.44. The summed E-state index contributed by atoms with van der Waals surface area (Å²) >= 11 is 0. The van der Waals surface area contributed by atoms with Crippen molar-refractivity contribution in [3.8, 4) is 5.75 Å². The highest BCUT2D eigenvalue weighted by atomic mass is 19.3. The van der Waals surface area contributed by atoms with Crippen LogP contribution in [0.3, 0.4) is 0 Å². The fourth-order valence-corrected chi connectivity index (χ4v) is 4.17. The van der Waals surface area contributed by atoms with E-state index in [9.17, 15) is 18.4 Å². The number of Topliss-reactive ketones (excluding diaryl/α,β-unsaturated/α-hetero) is 1. The molecule has 8 nitrogen and oxygen atoms in total. The zero-order chi connectivity index (χ0) is 24.2. The molecule has 3 aromatic rings. The van der Waals surface area contributed by atoms with Gasteiger partial charge in [0, 0.05) is 31.6 Å². The van der Waals surface area contributed by atoms with E-state index in [0.717, 1.165) is 10.9 Å². The van der Waals surface area contributed by atoms with E-state index in [4.69, 9.17) is 0 Å². The summed E-state index contributed by atoms with van der Waals surface area (Å²) in [6, 6.07) is 5.82. The first-order chi connectivity index (χ1) is 16.4. The van der Waals surface area contributed by atoms with Gasteiger partial charge in [-0.25, -0.2) is 9.67 Å². The van der Waals surface area contributed by atoms with Crippen LogP contribution in [0.4, 0.5) is 14.5 Å². The van der Waals surface area contributed by atoms with Crippen molar-refractivity contribution in [3.05, 3.63) is 47.8 Å². The van der Waals surface area contributed by atoms with Crippen molar-refractivity contribution in [2.45, 2.75) is 64.8 Å². The number of carbonyl (C=O) groups is 2. The quantitative estimate of drug-likeness (QED) is 0.503. The number of aryl methyl sites for hydroxylation is 1. The number of ether oxygens (including phenoxy) is 1. The maximum absolute atomic E-state index is 13.3. The lowest BCUT2D eigenvalue weighted by Gasteiger charge is -2.25. The second-order valence-electron chi connectivity index (χ2n) is 8.34. The monoisotopic (exact) mass is 471 g/mol. The van der Waals surface area contributed by atoms with Crippen molar-refractivity contribution < 1.29 is 23.1 Å². The molecule has 1 atom stereocenters. The van der Waals surface area contributed by atoms with E-state index < -0.39 is 6.61 Å². The fraction of sp³-hybridized carbons (Fsp3) is 0.417. The predicted molar refractivity (Wildman–Crippen MR) is 123 cm³/mol. The highest BCUT2D eigenvalue weighted by molar-refractivity contribution is 6.06. The minimum absolute atomic E-state index is 0.0531. The van der Waals surface area contributed by atoms with Crippen LogP contribution in [0.2, 0.25) is 0 Å². The number of alkyl halides is 2. The number of benzene rings is 1. The lowest BCUT2D eigenvalue weighted by molar-refractivity contribution is -0.120. The Kier molecular flexibility index (Phi) is 7.04. The number of halogens is 2. The van der Waals surface area contributed by atoms with Crippen LogP contribution in [0.15, 0.2) is 36.7 Å². The zero-order valence-electron chi connectivity index (χ0n) is 19.1. The largest absolute Gasteiger partial charge is 0.435 e. The van der Waals surface area contributed by atoms with Crippen molar-refractivity contribution in [3.63, 3.8) is 0 Å². The highest BCUT2D eigenvalue weighted by Crippen LogP contribution is 2.30. The first kappa shape index (κ1) is 23.6. The minimum atomic E-state index is -2.89. The highest BCUT2D eigenvalue weighted by Gasteiger charge is 2.24. The van der Waals surface area contributed by atoms with Gasteiger partial charge in [0.25, 0.3) is 5.91 Å². The van der Waals surface area contributed by atoms with Crippen LogP contribution in [0.1, 0.15) is 61.5 Å². The number of ketones is 1. The van der Waals surface area contributed by atoms with E-state index in [1.165, 1.54) is 18.3 Å². The molecule has 2 heterocycles. The van der Waals surface area contributed by atoms with Crippen molar-refractivity contribution in [1.29, 1.82) is 0 Å². The number of rotatable bonds is 8. The number of pyridine rings is 1. The number of anilines is 1. The maximum atomic E-state index is 13.3. The van der Waals surface area contributed by atoms with Crippen LogP contribution in [-0.4, -0.2) is 39.1 Å². The molecule has 1 fully saturated rings. The third-order valence-electron chi connectivity index (χ3n) is 6.05. The first-order valence-electron chi connectivity index (χ1n) is 11.3. The number of aromatic nitrogens is 3. The summed E-state index contributed by atoms with van der Waals surface area (Å²) in [6.45, 7) is 1.52. The van der Waals surface area contributed by atoms with Gasteiger partial charge >= 0.3 is 6.61 Å². The van der Waals surface area contributed by atoms with Crippen LogP contribution >= 0.6 is 0 Å². The smallest absolute Gasteiger partial charge is 0.387 e. The molecule has 180 valence electrons. The molecule has 0 bridgehead atoms. The summed E-state index contributed by atoms with van der Waals surface area (Å²) in [4.78, 5) is 29.4. The van der Waals surface area contributed by atoms with Gasteiger partial charge in [0.15, 0.2) is 5.65 Å². The molecule has 1 aliphatic carbocycles. The van der Waals surface area contributed by atoms with Gasteiger partial charge in [0.1, 0.15) is 11.5 Å². The van der Waals surface area contributed by atoms with Gasteiger partial charge in [0.05, 0.1) is 28.9 Å². The second-order valence-corrected chi connectivity index (χ2v) is 8.34.